The number of hydrogen-bond donors (Lipinski definition) is 1. The second-order valence-corrected chi connectivity index (χ2v) is 12.3. The zero-order valence-corrected chi connectivity index (χ0v) is 23.6. The molecule has 0 heterocycles. The quantitative estimate of drug-likeness (QED) is 0.360. The van der Waals surface area contributed by atoms with Gasteiger partial charge in [-0.1, -0.05) is 85.1 Å². The van der Waals surface area contributed by atoms with Gasteiger partial charge in [-0.25, -0.2) is 8.42 Å². The number of benzene rings is 3. The van der Waals surface area contributed by atoms with E-state index in [1.54, 1.807) is 24.3 Å². The second-order valence-electron chi connectivity index (χ2n) is 9.95. The molecule has 206 valence electrons. The summed E-state index contributed by atoms with van der Waals surface area (Å²) in [5.41, 5.74) is 2.08. The summed E-state index contributed by atoms with van der Waals surface area (Å²) in [6.45, 7) is -0.289. The lowest BCUT2D eigenvalue weighted by atomic mass is 10.0. The van der Waals surface area contributed by atoms with Gasteiger partial charge < -0.3 is 10.2 Å². The van der Waals surface area contributed by atoms with Crippen LogP contribution in [0.5, 0.6) is 0 Å². The van der Waals surface area contributed by atoms with E-state index in [2.05, 4.69) is 5.32 Å². The molecule has 1 unspecified atom stereocenters. The highest BCUT2D eigenvalue weighted by Gasteiger charge is 2.34. The van der Waals surface area contributed by atoms with Gasteiger partial charge in [0.1, 0.15) is 12.6 Å². The topological polar surface area (TPSA) is 86.8 Å². The number of nitrogens with zero attached hydrogens (tertiary/aromatic N) is 2. The number of amides is 2. The van der Waals surface area contributed by atoms with Crippen molar-refractivity contribution in [2.75, 3.05) is 17.1 Å². The molecule has 0 saturated heterocycles. The first-order chi connectivity index (χ1) is 18.7. The maximum Gasteiger partial charge on any atom is 0.244 e. The minimum Gasteiger partial charge on any atom is -0.352 e. The summed E-state index contributed by atoms with van der Waals surface area (Å²) in [6.07, 6.45) is 5.31. The van der Waals surface area contributed by atoms with Crippen LogP contribution in [0, 0.1) is 0 Å². The lowest BCUT2D eigenvalue weighted by Crippen LogP contribution is -2.54. The van der Waals surface area contributed by atoms with Crippen LogP contribution in [0.2, 0.25) is 5.02 Å². The molecule has 3 aromatic carbocycles. The van der Waals surface area contributed by atoms with Crippen molar-refractivity contribution in [1.29, 1.82) is 0 Å². The molecule has 0 spiro atoms. The molecule has 39 heavy (non-hydrogen) atoms. The molecular formula is C30H34ClN3O4S. The molecule has 7 nitrogen and oxygen atoms in total. The Morgan fingerprint density at radius 3 is 2.03 bits per heavy atom. The average molecular weight is 568 g/mol. The summed E-state index contributed by atoms with van der Waals surface area (Å²) >= 11 is 6.01. The van der Waals surface area contributed by atoms with Gasteiger partial charge in [0, 0.05) is 24.0 Å². The van der Waals surface area contributed by atoms with E-state index in [0.29, 0.717) is 17.1 Å². The van der Waals surface area contributed by atoms with E-state index in [1.807, 2.05) is 60.7 Å². The first kappa shape index (κ1) is 28.6. The van der Waals surface area contributed by atoms with Crippen LogP contribution in [0.1, 0.15) is 36.8 Å². The molecule has 1 aliphatic rings. The highest BCUT2D eigenvalue weighted by molar-refractivity contribution is 7.92. The number of carbonyl (C=O) groups excluding carboxylic acids is 2. The Balaban J connectivity index is 1.70. The van der Waals surface area contributed by atoms with E-state index >= 15 is 0 Å². The first-order valence-corrected chi connectivity index (χ1v) is 15.3. The number of carbonyl (C=O) groups is 2. The third-order valence-electron chi connectivity index (χ3n) is 6.96. The van der Waals surface area contributed by atoms with Crippen LogP contribution in [0.15, 0.2) is 84.9 Å². The summed E-state index contributed by atoms with van der Waals surface area (Å²) in [4.78, 5) is 29.3. The third-order valence-corrected chi connectivity index (χ3v) is 8.35. The summed E-state index contributed by atoms with van der Waals surface area (Å²) in [6, 6.07) is 24.5. The molecule has 3 aromatic rings. The Morgan fingerprint density at radius 2 is 1.46 bits per heavy atom. The van der Waals surface area contributed by atoms with Crippen molar-refractivity contribution in [3.63, 3.8) is 0 Å². The van der Waals surface area contributed by atoms with Crippen LogP contribution in [-0.4, -0.2) is 50.0 Å². The molecule has 0 aliphatic heterocycles. The average Bonchev–Trinajstić information content (AvgIpc) is 3.43. The highest BCUT2D eigenvalue weighted by Crippen LogP contribution is 2.23. The summed E-state index contributed by atoms with van der Waals surface area (Å²) in [5, 5.41) is 3.62. The molecule has 1 aliphatic carbocycles. The van der Waals surface area contributed by atoms with Crippen molar-refractivity contribution in [1.82, 2.24) is 10.2 Å². The molecule has 0 radical (unpaired) electrons. The predicted octanol–water partition coefficient (Wildman–Crippen LogP) is 4.80. The van der Waals surface area contributed by atoms with Crippen molar-refractivity contribution in [2.24, 2.45) is 0 Å². The van der Waals surface area contributed by atoms with Gasteiger partial charge in [0.05, 0.1) is 11.9 Å². The number of nitrogens with one attached hydrogen (secondary N) is 1. The Labute approximate surface area is 235 Å². The van der Waals surface area contributed by atoms with Gasteiger partial charge in [-0.3, -0.25) is 13.9 Å². The fourth-order valence-corrected chi connectivity index (χ4v) is 5.90. The van der Waals surface area contributed by atoms with Gasteiger partial charge in [0.2, 0.25) is 21.8 Å². The van der Waals surface area contributed by atoms with Gasteiger partial charge in [-0.15, -0.1) is 0 Å². The summed E-state index contributed by atoms with van der Waals surface area (Å²) in [5.74, 6) is -0.700. The van der Waals surface area contributed by atoms with Crippen LogP contribution in [0.4, 0.5) is 5.69 Å². The Morgan fingerprint density at radius 1 is 0.897 bits per heavy atom. The van der Waals surface area contributed by atoms with Crippen LogP contribution in [0.25, 0.3) is 0 Å². The van der Waals surface area contributed by atoms with E-state index in [0.717, 1.165) is 47.4 Å². The van der Waals surface area contributed by atoms with E-state index in [9.17, 15) is 18.0 Å². The Kier molecular flexibility index (Phi) is 9.64. The highest BCUT2D eigenvalue weighted by atomic mass is 35.5. The van der Waals surface area contributed by atoms with Gasteiger partial charge >= 0.3 is 0 Å². The molecule has 1 N–H and O–H groups in total. The monoisotopic (exact) mass is 567 g/mol. The van der Waals surface area contributed by atoms with Gasteiger partial charge in [-0.05, 0) is 48.2 Å². The standard InChI is InChI=1S/C30H34ClN3O4S/c1-39(37,38)34(27-18-16-25(31)17-19-27)22-29(35)33(21-24-12-6-3-7-13-24)28(20-23-10-4-2-5-11-23)30(36)32-26-14-8-9-15-26/h2-7,10-13,16-19,26,28H,8-9,14-15,20-22H2,1H3,(H,32,36). The van der Waals surface area contributed by atoms with E-state index in [-0.39, 0.29) is 18.5 Å². The van der Waals surface area contributed by atoms with E-state index in [1.165, 1.54) is 4.90 Å². The molecule has 0 bridgehead atoms. The minimum absolute atomic E-state index is 0.0750. The lowest BCUT2D eigenvalue weighted by Gasteiger charge is -2.34. The molecule has 2 amide bonds. The minimum atomic E-state index is -3.81. The molecule has 1 saturated carbocycles. The van der Waals surface area contributed by atoms with Crippen LogP contribution in [-0.2, 0) is 32.6 Å². The number of hydrogen-bond acceptors (Lipinski definition) is 4. The zero-order chi connectivity index (χ0) is 27.8. The van der Waals surface area contributed by atoms with E-state index in [4.69, 9.17) is 11.6 Å². The molecule has 4 rings (SSSR count). The molecular weight excluding hydrogens is 534 g/mol. The fraction of sp³-hybridized carbons (Fsp3) is 0.333. The number of sulfonamides is 1. The molecule has 9 heteroatoms. The number of rotatable bonds is 11. The SMILES string of the molecule is CS(=O)(=O)N(CC(=O)N(Cc1ccccc1)C(Cc1ccccc1)C(=O)NC1CCCC1)c1ccc(Cl)cc1. The summed E-state index contributed by atoms with van der Waals surface area (Å²) in [7, 11) is -3.81. The Bertz CT molecular complexity index is 1350. The van der Waals surface area contributed by atoms with Crippen molar-refractivity contribution >= 4 is 39.1 Å². The van der Waals surface area contributed by atoms with Crippen LogP contribution >= 0.6 is 11.6 Å². The van der Waals surface area contributed by atoms with Crippen molar-refractivity contribution in [2.45, 2.75) is 50.7 Å². The second kappa shape index (κ2) is 13.1. The van der Waals surface area contributed by atoms with Gasteiger partial charge in [-0.2, -0.15) is 0 Å². The van der Waals surface area contributed by atoms with Crippen molar-refractivity contribution < 1.29 is 18.0 Å². The van der Waals surface area contributed by atoms with Crippen molar-refractivity contribution in [3.8, 4) is 0 Å². The fourth-order valence-electron chi connectivity index (χ4n) is 4.92. The molecule has 1 fully saturated rings. The predicted molar refractivity (Wildman–Crippen MR) is 155 cm³/mol. The first-order valence-electron chi connectivity index (χ1n) is 13.1. The summed E-state index contributed by atoms with van der Waals surface area (Å²) < 4.78 is 26.7. The third kappa shape index (κ3) is 8.07. The number of anilines is 1. The maximum absolute atomic E-state index is 14.0. The van der Waals surface area contributed by atoms with Gasteiger partial charge in [0.15, 0.2) is 0 Å². The normalized spacial score (nSPS) is 14.5. The van der Waals surface area contributed by atoms with Crippen LogP contribution in [0.3, 0.4) is 0 Å². The van der Waals surface area contributed by atoms with E-state index < -0.39 is 28.5 Å². The molecule has 0 aromatic heterocycles. The van der Waals surface area contributed by atoms with Crippen LogP contribution < -0.4 is 9.62 Å². The Hall–Kier alpha value is -3.36. The number of halogens is 1. The largest absolute Gasteiger partial charge is 0.352 e. The maximum atomic E-state index is 14.0. The lowest BCUT2D eigenvalue weighted by molar-refractivity contribution is -0.140. The van der Waals surface area contributed by atoms with Gasteiger partial charge in [0.25, 0.3) is 0 Å². The van der Waals surface area contributed by atoms with Crippen molar-refractivity contribution in [3.05, 3.63) is 101 Å². The zero-order valence-electron chi connectivity index (χ0n) is 22.0. The smallest absolute Gasteiger partial charge is 0.244 e. The molecule has 1 atom stereocenters.